The van der Waals surface area contributed by atoms with Crippen molar-refractivity contribution in [1.29, 1.82) is 0 Å². The van der Waals surface area contributed by atoms with Crippen LogP contribution in [0.3, 0.4) is 0 Å². The topological polar surface area (TPSA) is 41.6 Å². The van der Waals surface area contributed by atoms with Gasteiger partial charge in [0.05, 0.1) is 0 Å². The third-order valence-electron chi connectivity index (χ3n) is 4.14. The third kappa shape index (κ3) is 7.64. The molecule has 0 radical (unpaired) electrons. The summed E-state index contributed by atoms with van der Waals surface area (Å²) in [5.41, 5.74) is 0.882. The van der Waals surface area contributed by atoms with E-state index in [4.69, 9.17) is 0 Å². The molecule has 1 aromatic carbocycles. The maximum absolute atomic E-state index is 12.0. The molecule has 1 saturated heterocycles. The number of piperazine rings is 1. The van der Waals surface area contributed by atoms with Crippen molar-refractivity contribution in [2.24, 2.45) is 0 Å². The predicted molar refractivity (Wildman–Crippen MR) is 106 cm³/mol. The van der Waals surface area contributed by atoms with Gasteiger partial charge < -0.3 is 20.2 Å². The second-order valence-corrected chi connectivity index (χ2v) is 8.09. The first kappa shape index (κ1) is 22.4. The number of nitrogens with one attached hydrogen (secondary N) is 1. The van der Waals surface area contributed by atoms with E-state index in [9.17, 15) is 5.11 Å². The molecule has 0 atom stereocenters. The van der Waals surface area contributed by atoms with Crippen molar-refractivity contribution < 1.29 is 34.7 Å². The molecule has 1 heterocycles. The van der Waals surface area contributed by atoms with E-state index in [1.165, 1.54) is 32.7 Å². The van der Waals surface area contributed by atoms with Crippen molar-refractivity contribution in [3.8, 4) is 5.75 Å². The largest absolute Gasteiger partial charge is 1.00 e. The molecule has 0 amide bonds. The van der Waals surface area contributed by atoms with Crippen molar-refractivity contribution in [1.82, 2.24) is 15.1 Å². The first-order valence-corrected chi connectivity index (χ1v) is 10.1. The molecular weight excluding hydrogens is 527 g/mol. The number of benzene rings is 1. The van der Waals surface area contributed by atoms with Gasteiger partial charge in [0.25, 0.3) is 0 Å². The van der Waals surface area contributed by atoms with Gasteiger partial charge in [0.1, 0.15) is 0 Å². The molecule has 4 nitrogen and oxygen atoms in total. The summed E-state index contributed by atoms with van der Waals surface area (Å²) >= 11 is 4.39. The molecule has 7 heteroatoms. The van der Waals surface area contributed by atoms with Crippen LogP contribution in [-0.2, 0) is 6.54 Å². The Labute approximate surface area is 189 Å². The van der Waals surface area contributed by atoms with E-state index in [2.05, 4.69) is 67.2 Å². The van der Waals surface area contributed by atoms with Gasteiger partial charge in [-0.25, -0.2) is 0 Å². The van der Waals surface area contributed by atoms with Gasteiger partial charge in [-0.05, 0) is 88.9 Å². The Morgan fingerprint density at radius 2 is 1.78 bits per heavy atom. The number of nitrogens with zero attached hydrogens (tertiary/aromatic N) is 2. The molecule has 1 aromatic rings. The SMILES string of the molecule is CCN1CCN(CCCNCc2cc(I)cc(I)c2[O-])CC1.[Na+]. The molecule has 0 aliphatic carbocycles. The van der Waals surface area contributed by atoms with Crippen molar-refractivity contribution in [3.63, 3.8) is 0 Å². The van der Waals surface area contributed by atoms with Crippen molar-refractivity contribution >= 4 is 45.2 Å². The first-order valence-electron chi connectivity index (χ1n) is 7.90. The Morgan fingerprint density at radius 3 is 2.43 bits per heavy atom. The number of hydrogen-bond acceptors (Lipinski definition) is 4. The Kier molecular flexibility index (Phi) is 11.6. The van der Waals surface area contributed by atoms with E-state index in [-0.39, 0.29) is 35.3 Å². The van der Waals surface area contributed by atoms with Crippen LogP contribution in [0.4, 0.5) is 0 Å². The van der Waals surface area contributed by atoms with Crippen LogP contribution in [0.1, 0.15) is 18.9 Å². The van der Waals surface area contributed by atoms with Gasteiger partial charge in [-0.3, -0.25) is 0 Å². The van der Waals surface area contributed by atoms with E-state index in [1.54, 1.807) is 0 Å². The van der Waals surface area contributed by atoms with Gasteiger partial charge in [-0.2, -0.15) is 0 Å². The summed E-state index contributed by atoms with van der Waals surface area (Å²) in [5.74, 6) is 0.171. The van der Waals surface area contributed by atoms with Crippen LogP contribution in [-0.4, -0.2) is 55.6 Å². The first-order chi connectivity index (χ1) is 10.6. The van der Waals surface area contributed by atoms with Crippen molar-refractivity contribution in [3.05, 3.63) is 24.8 Å². The van der Waals surface area contributed by atoms with E-state index in [0.29, 0.717) is 6.54 Å². The van der Waals surface area contributed by atoms with Gasteiger partial charge >= 0.3 is 29.6 Å². The van der Waals surface area contributed by atoms with Gasteiger partial charge in [0.2, 0.25) is 0 Å². The molecular formula is C16H24I2N3NaO. The zero-order chi connectivity index (χ0) is 15.9. The minimum Gasteiger partial charge on any atom is -0.872 e. The summed E-state index contributed by atoms with van der Waals surface area (Å²) in [5, 5.41) is 15.4. The summed E-state index contributed by atoms with van der Waals surface area (Å²) in [6.45, 7) is 11.0. The molecule has 1 aliphatic rings. The number of hydrogen-bond donors (Lipinski definition) is 1. The minimum atomic E-state index is 0. The van der Waals surface area contributed by atoms with E-state index < -0.39 is 0 Å². The van der Waals surface area contributed by atoms with E-state index in [0.717, 1.165) is 32.2 Å². The van der Waals surface area contributed by atoms with Crippen LogP contribution in [0.2, 0.25) is 0 Å². The molecule has 124 valence electrons. The maximum Gasteiger partial charge on any atom is 1.00 e. The normalized spacial score (nSPS) is 16.3. The summed E-state index contributed by atoms with van der Waals surface area (Å²) < 4.78 is 1.95. The average molecular weight is 551 g/mol. The Morgan fingerprint density at radius 1 is 1.13 bits per heavy atom. The van der Waals surface area contributed by atoms with Crippen LogP contribution in [0, 0.1) is 7.14 Å². The summed E-state index contributed by atoms with van der Waals surface area (Å²) in [6, 6.07) is 3.92. The molecule has 0 unspecified atom stereocenters. The number of rotatable bonds is 7. The van der Waals surface area contributed by atoms with Crippen LogP contribution in [0.5, 0.6) is 5.75 Å². The summed E-state index contributed by atoms with van der Waals surface area (Å²) in [7, 11) is 0. The van der Waals surface area contributed by atoms with Crippen LogP contribution in [0.25, 0.3) is 0 Å². The van der Waals surface area contributed by atoms with E-state index in [1.807, 2.05) is 12.1 Å². The van der Waals surface area contributed by atoms with Crippen LogP contribution >= 0.6 is 45.2 Å². The molecule has 1 N–H and O–H groups in total. The molecule has 0 saturated carbocycles. The molecule has 0 aromatic heterocycles. The van der Waals surface area contributed by atoms with Gasteiger partial charge in [0, 0.05) is 39.9 Å². The molecule has 0 spiro atoms. The molecule has 2 rings (SSSR count). The summed E-state index contributed by atoms with van der Waals surface area (Å²) in [4.78, 5) is 5.05. The smallest absolute Gasteiger partial charge is 0.872 e. The molecule has 23 heavy (non-hydrogen) atoms. The predicted octanol–water partition coefficient (Wildman–Crippen LogP) is -0.909. The quantitative estimate of drug-likeness (QED) is 0.271. The molecule has 0 bridgehead atoms. The van der Waals surface area contributed by atoms with Crippen molar-refractivity contribution in [2.75, 3.05) is 45.8 Å². The standard InChI is InChI=1S/C16H25I2N3O.Na/c1-2-20-6-8-21(9-7-20)5-3-4-19-12-13-10-14(17)11-15(18)16(13)22;/h10-11,19,22H,2-9,12H2,1H3;/q;+1/p-1. The molecule has 1 aliphatic heterocycles. The maximum atomic E-state index is 12.0. The fourth-order valence-corrected chi connectivity index (χ4v) is 4.69. The van der Waals surface area contributed by atoms with E-state index >= 15 is 0 Å². The zero-order valence-electron chi connectivity index (χ0n) is 14.1. The fourth-order valence-electron chi connectivity index (χ4n) is 2.72. The second-order valence-electron chi connectivity index (χ2n) is 5.68. The molecule has 1 fully saturated rings. The van der Waals surface area contributed by atoms with Crippen LogP contribution < -0.4 is 40.0 Å². The van der Waals surface area contributed by atoms with Gasteiger partial charge in [-0.1, -0.05) is 12.7 Å². The minimum absolute atomic E-state index is 0. The van der Waals surface area contributed by atoms with Crippen molar-refractivity contribution in [2.45, 2.75) is 19.9 Å². The Balaban J connectivity index is 0.00000264. The second kappa shape index (κ2) is 11.9. The number of likely N-dealkylation sites (N-methyl/N-ethyl adjacent to an activating group) is 1. The monoisotopic (exact) mass is 551 g/mol. The zero-order valence-corrected chi connectivity index (χ0v) is 20.4. The number of halogens is 2. The van der Waals surface area contributed by atoms with Gasteiger partial charge in [-0.15, -0.1) is 0 Å². The Hall–Kier alpha value is 1.36. The average Bonchev–Trinajstić information content (AvgIpc) is 2.52. The van der Waals surface area contributed by atoms with Gasteiger partial charge in [0.15, 0.2) is 0 Å². The fraction of sp³-hybridized carbons (Fsp3) is 0.625. The third-order valence-corrected chi connectivity index (χ3v) is 5.56. The van der Waals surface area contributed by atoms with Crippen LogP contribution in [0.15, 0.2) is 12.1 Å². The summed E-state index contributed by atoms with van der Waals surface area (Å²) in [6.07, 6.45) is 1.14. The Bertz CT molecular complexity index is 483.